The maximum Gasteiger partial charge on any atom is 0.316 e. The molecule has 0 fully saturated rings. The fraction of sp³-hybridized carbons (Fsp3) is 0.522. The number of thiophene rings is 1. The molecule has 1 aliphatic heterocycles. The molecular formula is C23H29NO3S. The van der Waals surface area contributed by atoms with Crippen molar-refractivity contribution in [1.82, 2.24) is 5.32 Å². The average molecular weight is 400 g/mol. The van der Waals surface area contributed by atoms with Crippen molar-refractivity contribution in [3.05, 3.63) is 44.6 Å². The van der Waals surface area contributed by atoms with Gasteiger partial charge in [0.05, 0.1) is 5.41 Å². The lowest BCUT2D eigenvalue weighted by atomic mass is 9.74. The number of hydrogen-bond donors (Lipinski definition) is 2. The summed E-state index contributed by atoms with van der Waals surface area (Å²) in [6.07, 6.45) is 4.24. The Bertz CT molecular complexity index is 909. The van der Waals surface area contributed by atoms with Crippen LogP contribution in [0.3, 0.4) is 0 Å². The molecule has 2 aliphatic rings. The van der Waals surface area contributed by atoms with Gasteiger partial charge in [-0.05, 0) is 74.9 Å². The Morgan fingerprint density at radius 1 is 1.29 bits per heavy atom. The summed E-state index contributed by atoms with van der Waals surface area (Å²) in [5.41, 5.74) is 3.14. The number of esters is 1. The van der Waals surface area contributed by atoms with Crippen molar-refractivity contribution in [2.45, 2.75) is 71.9 Å². The van der Waals surface area contributed by atoms with Crippen LogP contribution in [0.1, 0.15) is 72.9 Å². The molecule has 0 amide bonds. The van der Waals surface area contributed by atoms with Crippen LogP contribution in [0.2, 0.25) is 0 Å². The van der Waals surface area contributed by atoms with Crippen LogP contribution in [0.5, 0.6) is 11.5 Å². The average Bonchev–Trinajstić information content (AvgIpc) is 3.04. The third kappa shape index (κ3) is 3.46. The molecule has 2 N–H and O–H groups in total. The molecule has 150 valence electrons. The van der Waals surface area contributed by atoms with E-state index in [0.717, 1.165) is 37.8 Å². The second-order valence-electron chi connectivity index (χ2n) is 9.00. The molecule has 28 heavy (non-hydrogen) atoms. The van der Waals surface area contributed by atoms with Crippen molar-refractivity contribution < 1.29 is 14.6 Å². The summed E-state index contributed by atoms with van der Waals surface area (Å²) in [7, 11) is 0. The van der Waals surface area contributed by atoms with E-state index in [1.165, 1.54) is 20.9 Å². The third-order valence-corrected chi connectivity index (χ3v) is 6.96. The molecule has 0 saturated heterocycles. The molecule has 0 bridgehead atoms. The second kappa shape index (κ2) is 7.20. The Morgan fingerprint density at radius 2 is 2.07 bits per heavy atom. The molecule has 1 aromatic heterocycles. The number of rotatable bonds is 3. The van der Waals surface area contributed by atoms with Crippen LogP contribution in [0.15, 0.2) is 18.2 Å². The summed E-state index contributed by atoms with van der Waals surface area (Å²) in [6.45, 7) is 8.61. The SMILES string of the molecule is CCCc1cc2c(s1)CN[C@@H]1CCc3cc(O)c(OC(=O)C(C)(C)C)cc3[C@@H]21. The Kier molecular flexibility index (Phi) is 5.00. The number of fused-ring (bicyclic) bond motifs is 5. The fourth-order valence-corrected chi connectivity index (χ4v) is 5.53. The minimum atomic E-state index is -0.618. The highest BCUT2D eigenvalue weighted by atomic mass is 32.1. The normalized spacial score (nSPS) is 20.9. The van der Waals surface area contributed by atoms with Gasteiger partial charge in [0, 0.05) is 28.3 Å². The molecule has 2 atom stereocenters. The van der Waals surface area contributed by atoms with Crippen LogP contribution in [0.25, 0.3) is 0 Å². The number of benzene rings is 1. The van der Waals surface area contributed by atoms with E-state index in [0.29, 0.717) is 6.04 Å². The lowest BCUT2D eigenvalue weighted by molar-refractivity contribution is -0.143. The Morgan fingerprint density at radius 3 is 2.79 bits per heavy atom. The molecule has 0 saturated carbocycles. The van der Waals surface area contributed by atoms with E-state index in [2.05, 4.69) is 18.3 Å². The number of carbonyl (C=O) groups is 1. The van der Waals surface area contributed by atoms with Gasteiger partial charge in [-0.1, -0.05) is 13.3 Å². The maximum absolute atomic E-state index is 12.4. The van der Waals surface area contributed by atoms with Gasteiger partial charge < -0.3 is 15.2 Å². The standard InChI is InChI=1S/C23H29NO3S/c1-5-6-14-10-16-20(28-14)12-24-17-8-7-13-9-18(25)19(11-15(13)21(16)17)27-22(26)23(2,3)4/h9-11,17,21,24-25H,5-8,12H2,1-4H3/t17-,21+/m1/s1. The zero-order chi connectivity index (χ0) is 20.1. The number of nitrogens with one attached hydrogen (secondary N) is 1. The molecule has 1 aromatic carbocycles. The molecule has 4 nitrogen and oxygen atoms in total. The van der Waals surface area contributed by atoms with Gasteiger partial charge in [-0.2, -0.15) is 0 Å². The van der Waals surface area contributed by atoms with E-state index in [1.54, 1.807) is 6.07 Å². The van der Waals surface area contributed by atoms with E-state index < -0.39 is 5.41 Å². The van der Waals surface area contributed by atoms with Crippen molar-refractivity contribution in [2.75, 3.05) is 0 Å². The van der Waals surface area contributed by atoms with Gasteiger partial charge in [0.2, 0.25) is 0 Å². The fourth-order valence-electron chi connectivity index (χ4n) is 4.26. The predicted molar refractivity (Wildman–Crippen MR) is 112 cm³/mol. The number of hydrogen-bond acceptors (Lipinski definition) is 5. The lowest BCUT2D eigenvalue weighted by Crippen LogP contribution is -2.42. The number of ether oxygens (including phenoxy) is 1. The summed E-state index contributed by atoms with van der Waals surface area (Å²) in [4.78, 5) is 15.2. The maximum atomic E-state index is 12.4. The van der Waals surface area contributed by atoms with Crippen molar-refractivity contribution in [1.29, 1.82) is 0 Å². The van der Waals surface area contributed by atoms with Gasteiger partial charge in [0.1, 0.15) is 0 Å². The molecule has 4 rings (SSSR count). The van der Waals surface area contributed by atoms with Crippen LogP contribution >= 0.6 is 11.3 Å². The molecule has 0 unspecified atom stereocenters. The van der Waals surface area contributed by atoms with E-state index in [1.807, 2.05) is 38.2 Å². The molecular weight excluding hydrogens is 370 g/mol. The summed E-state index contributed by atoms with van der Waals surface area (Å²) in [6, 6.07) is 6.47. The van der Waals surface area contributed by atoms with Crippen LogP contribution in [-0.2, 0) is 24.2 Å². The van der Waals surface area contributed by atoms with Gasteiger partial charge in [-0.15, -0.1) is 11.3 Å². The van der Waals surface area contributed by atoms with Gasteiger partial charge in [-0.3, -0.25) is 4.79 Å². The predicted octanol–water partition coefficient (Wildman–Crippen LogP) is 4.91. The number of aromatic hydroxyl groups is 1. The highest BCUT2D eigenvalue weighted by Crippen LogP contribution is 2.46. The monoisotopic (exact) mass is 399 g/mol. The first-order chi connectivity index (χ1) is 13.3. The number of phenolic OH excluding ortho intramolecular Hbond substituents is 1. The quantitative estimate of drug-likeness (QED) is 0.569. The largest absolute Gasteiger partial charge is 0.504 e. The number of carbonyl (C=O) groups excluding carboxylic acids is 1. The topological polar surface area (TPSA) is 58.6 Å². The smallest absolute Gasteiger partial charge is 0.316 e. The van der Waals surface area contributed by atoms with Crippen molar-refractivity contribution in [2.24, 2.45) is 5.41 Å². The Hall–Kier alpha value is -1.85. The first-order valence-corrected chi connectivity index (χ1v) is 11.0. The van der Waals surface area contributed by atoms with Crippen molar-refractivity contribution in [3.8, 4) is 11.5 Å². The first-order valence-electron chi connectivity index (χ1n) is 10.2. The van der Waals surface area contributed by atoms with Crippen LogP contribution in [-0.4, -0.2) is 17.1 Å². The summed E-state index contributed by atoms with van der Waals surface area (Å²) in [5, 5.41) is 14.2. The zero-order valence-corrected chi connectivity index (χ0v) is 17.9. The van der Waals surface area contributed by atoms with Gasteiger partial charge in [0.15, 0.2) is 11.5 Å². The first kappa shape index (κ1) is 19.5. The minimum absolute atomic E-state index is 0.0517. The lowest BCUT2D eigenvalue weighted by Gasteiger charge is -2.38. The Balaban J connectivity index is 1.75. The van der Waals surface area contributed by atoms with E-state index >= 15 is 0 Å². The van der Waals surface area contributed by atoms with E-state index in [9.17, 15) is 9.90 Å². The second-order valence-corrected chi connectivity index (χ2v) is 10.2. The summed E-state index contributed by atoms with van der Waals surface area (Å²) >= 11 is 1.91. The van der Waals surface area contributed by atoms with Crippen LogP contribution in [0.4, 0.5) is 0 Å². The van der Waals surface area contributed by atoms with E-state index in [-0.39, 0.29) is 23.4 Å². The third-order valence-electron chi connectivity index (χ3n) is 5.75. The summed E-state index contributed by atoms with van der Waals surface area (Å²) < 4.78 is 5.58. The summed E-state index contributed by atoms with van der Waals surface area (Å²) in [5.74, 6) is 0.242. The molecule has 0 radical (unpaired) electrons. The molecule has 0 spiro atoms. The minimum Gasteiger partial charge on any atom is -0.504 e. The van der Waals surface area contributed by atoms with Gasteiger partial charge in [-0.25, -0.2) is 0 Å². The zero-order valence-electron chi connectivity index (χ0n) is 17.1. The highest BCUT2D eigenvalue weighted by Gasteiger charge is 2.37. The van der Waals surface area contributed by atoms with Gasteiger partial charge >= 0.3 is 5.97 Å². The molecule has 2 aromatic rings. The van der Waals surface area contributed by atoms with E-state index in [4.69, 9.17) is 4.74 Å². The number of phenols is 1. The van der Waals surface area contributed by atoms with Crippen LogP contribution < -0.4 is 10.1 Å². The highest BCUT2D eigenvalue weighted by molar-refractivity contribution is 7.12. The molecule has 2 heterocycles. The number of aryl methyl sites for hydroxylation is 2. The molecule has 5 heteroatoms. The molecule has 1 aliphatic carbocycles. The van der Waals surface area contributed by atoms with Crippen molar-refractivity contribution >= 4 is 17.3 Å². The Labute approximate surface area is 170 Å². The van der Waals surface area contributed by atoms with Crippen molar-refractivity contribution in [3.63, 3.8) is 0 Å². The van der Waals surface area contributed by atoms with Gasteiger partial charge in [0.25, 0.3) is 0 Å². The van der Waals surface area contributed by atoms with Crippen LogP contribution in [0, 0.1) is 5.41 Å².